The van der Waals surface area contributed by atoms with Crippen molar-refractivity contribution in [3.05, 3.63) is 59.4 Å². The van der Waals surface area contributed by atoms with Gasteiger partial charge in [-0.25, -0.2) is 9.18 Å². The molecular formula is C17H17FN2O. The van der Waals surface area contributed by atoms with Crippen LogP contribution in [0, 0.1) is 5.82 Å². The third-order valence-corrected chi connectivity index (χ3v) is 3.88. The van der Waals surface area contributed by atoms with Gasteiger partial charge in [0.1, 0.15) is 5.82 Å². The van der Waals surface area contributed by atoms with Crippen LogP contribution in [0.4, 0.5) is 20.6 Å². The van der Waals surface area contributed by atoms with E-state index in [9.17, 15) is 9.18 Å². The van der Waals surface area contributed by atoms with E-state index in [4.69, 9.17) is 0 Å². The molecule has 2 amide bonds. The molecule has 0 fully saturated rings. The maximum atomic E-state index is 12.8. The molecule has 0 spiro atoms. The minimum absolute atomic E-state index is 0.325. The first-order chi connectivity index (χ1) is 10.1. The number of halogens is 1. The average molecular weight is 284 g/mol. The topological polar surface area (TPSA) is 41.1 Å². The number of benzene rings is 2. The van der Waals surface area contributed by atoms with Gasteiger partial charge in [-0.3, -0.25) is 0 Å². The third-order valence-electron chi connectivity index (χ3n) is 3.88. The first-order valence-electron chi connectivity index (χ1n) is 7.08. The van der Waals surface area contributed by atoms with Crippen LogP contribution < -0.4 is 10.6 Å². The monoisotopic (exact) mass is 284 g/mol. The Morgan fingerprint density at radius 1 is 1.10 bits per heavy atom. The Morgan fingerprint density at radius 2 is 1.76 bits per heavy atom. The second kappa shape index (κ2) is 5.56. The Balaban J connectivity index is 1.68. The summed E-state index contributed by atoms with van der Waals surface area (Å²) in [5, 5.41) is 5.49. The van der Waals surface area contributed by atoms with Crippen LogP contribution in [0.5, 0.6) is 0 Å². The highest BCUT2D eigenvalue weighted by atomic mass is 19.1. The fourth-order valence-electron chi connectivity index (χ4n) is 2.71. The number of anilines is 2. The molecule has 0 radical (unpaired) electrons. The molecule has 108 valence electrons. The molecule has 0 aliphatic heterocycles. The zero-order valence-electron chi connectivity index (χ0n) is 11.8. The van der Waals surface area contributed by atoms with Gasteiger partial charge in [-0.05, 0) is 66.3 Å². The molecule has 0 saturated carbocycles. The van der Waals surface area contributed by atoms with Crippen LogP contribution in [-0.4, -0.2) is 6.03 Å². The van der Waals surface area contributed by atoms with Crippen molar-refractivity contribution in [3.8, 4) is 0 Å². The van der Waals surface area contributed by atoms with Crippen LogP contribution in [-0.2, 0) is 6.42 Å². The molecule has 2 aromatic carbocycles. The van der Waals surface area contributed by atoms with Crippen LogP contribution in [0.25, 0.3) is 0 Å². The zero-order valence-corrected chi connectivity index (χ0v) is 11.8. The van der Waals surface area contributed by atoms with E-state index in [0.717, 1.165) is 12.1 Å². The van der Waals surface area contributed by atoms with Crippen molar-refractivity contribution >= 4 is 17.4 Å². The number of amides is 2. The van der Waals surface area contributed by atoms with Crippen molar-refractivity contribution in [1.29, 1.82) is 0 Å². The van der Waals surface area contributed by atoms with Crippen molar-refractivity contribution in [1.82, 2.24) is 0 Å². The summed E-state index contributed by atoms with van der Waals surface area (Å²) in [6.45, 7) is 2.20. The summed E-state index contributed by atoms with van der Waals surface area (Å²) >= 11 is 0. The van der Waals surface area contributed by atoms with Crippen LogP contribution >= 0.6 is 0 Å². The highest BCUT2D eigenvalue weighted by molar-refractivity contribution is 5.99. The van der Waals surface area contributed by atoms with Gasteiger partial charge < -0.3 is 10.6 Å². The lowest BCUT2D eigenvalue weighted by atomic mass is 10.0. The van der Waals surface area contributed by atoms with Gasteiger partial charge in [-0.1, -0.05) is 13.0 Å². The number of fused-ring (bicyclic) bond motifs is 1. The van der Waals surface area contributed by atoms with E-state index < -0.39 is 0 Å². The second-order valence-corrected chi connectivity index (χ2v) is 5.44. The first-order valence-corrected chi connectivity index (χ1v) is 7.08. The van der Waals surface area contributed by atoms with Crippen molar-refractivity contribution in [2.24, 2.45) is 0 Å². The summed E-state index contributed by atoms with van der Waals surface area (Å²) < 4.78 is 12.8. The van der Waals surface area contributed by atoms with Gasteiger partial charge in [0, 0.05) is 11.4 Å². The van der Waals surface area contributed by atoms with Gasteiger partial charge >= 0.3 is 6.03 Å². The number of carbonyl (C=O) groups is 1. The molecule has 3 rings (SSSR count). The molecule has 1 unspecified atom stereocenters. The number of rotatable bonds is 2. The molecule has 2 aromatic rings. The van der Waals surface area contributed by atoms with Gasteiger partial charge in [0.05, 0.1) is 0 Å². The number of aryl methyl sites for hydroxylation is 1. The minimum atomic E-state index is -0.327. The summed E-state index contributed by atoms with van der Waals surface area (Å²) in [6.07, 6.45) is 2.28. The van der Waals surface area contributed by atoms with Crippen LogP contribution in [0.3, 0.4) is 0 Å². The Kier molecular flexibility index (Phi) is 3.60. The van der Waals surface area contributed by atoms with E-state index in [0.29, 0.717) is 11.6 Å². The third kappa shape index (κ3) is 3.05. The van der Waals surface area contributed by atoms with Crippen molar-refractivity contribution in [3.63, 3.8) is 0 Å². The minimum Gasteiger partial charge on any atom is -0.308 e. The molecule has 3 nitrogen and oxygen atoms in total. The fraction of sp³-hybridized carbons (Fsp3) is 0.235. The van der Waals surface area contributed by atoms with E-state index in [1.165, 1.54) is 41.8 Å². The van der Waals surface area contributed by atoms with E-state index in [2.05, 4.69) is 23.6 Å². The normalized spacial score (nSPS) is 16.4. The maximum absolute atomic E-state index is 12.8. The molecule has 1 aliphatic carbocycles. The molecule has 0 aromatic heterocycles. The van der Waals surface area contributed by atoms with Gasteiger partial charge in [0.15, 0.2) is 0 Å². The van der Waals surface area contributed by atoms with Gasteiger partial charge in [-0.2, -0.15) is 0 Å². The Bertz CT molecular complexity index is 667. The van der Waals surface area contributed by atoms with E-state index in [-0.39, 0.29) is 11.8 Å². The predicted octanol–water partition coefficient (Wildman–Crippen LogP) is 4.52. The lowest BCUT2D eigenvalue weighted by Gasteiger charge is -2.10. The SMILES string of the molecule is CC1CCc2ccc(NC(=O)Nc3ccc(F)cc3)cc21. The quantitative estimate of drug-likeness (QED) is 0.836. The zero-order chi connectivity index (χ0) is 14.8. The number of hydrogen-bond donors (Lipinski definition) is 2. The number of nitrogens with one attached hydrogen (secondary N) is 2. The molecule has 4 heteroatoms. The molecule has 21 heavy (non-hydrogen) atoms. The van der Waals surface area contributed by atoms with Gasteiger partial charge in [0.25, 0.3) is 0 Å². The Labute approximate surface area is 123 Å². The lowest BCUT2D eigenvalue weighted by molar-refractivity contribution is 0.262. The highest BCUT2D eigenvalue weighted by Gasteiger charge is 2.18. The molecule has 0 heterocycles. The standard InChI is InChI=1S/C17H17FN2O/c1-11-2-3-12-4-7-15(10-16(11)12)20-17(21)19-14-8-5-13(18)6-9-14/h4-11H,2-3H2,1H3,(H2,19,20,21). The predicted molar refractivity (Wildman–Crippen MR) is 82.2 cm³/mol. The maximum Gasteiger partial charge on any atom is 0.323 e. The average Bonchev–Trinajstić information content (AvgIpc) is 2.83. The summed E-state index contributed by atoms with van der Waals surface area (Å²) in [5.74, 6) is 0.218. The van der Waals surface area contributed by atoms with Crippen LogP contribution in [0.2, 0.25) is 0 Å². The number of carbonyl (C=O) groups excluding carboxylic acids is 1. The molecule has 0 bridgehead atoms. The highest BCUT2D eigenvalue weighted by Crippen LogP contribution is 2.34. The molecule has 0 saturated heterocycles. The Hall–Kier alpha value is -2.36. The van der Waals surface area contributed by atoms with Crippen LogP contribution in [0.15, 0.2) is 42.5 Å². The summed E-state index contributed by atoms with van der Waals surface area (Å²) in [6, 6.07) is 11.4. The summed E-state index contributed by atoms with van der Waals surface area (Å²) in [5.41, 5.74) is 4.02. The van der Waals surface area contributed by atoms with Gasteiger partial charge in [-0.15, -0.1) is 0 Å². The van der Waals surface area contributed by atoms with Crippen molar-refractivity contribution in [2.75, 3.05) is 10.6 Å². The number of urea groups is 1. The molecule has 1 aliphatic rings. The summed E-state index contributed by atoms with van der Waals surface area (Å²) in [4.78, 5) is 11.9. The van der Waals surface area contributed by atoms with E-state index in [1.54, 1.807) is 0 Å². The largest absolute Gasteiger partial charge is 0.323 e. The molecular weight excluding hydrogens is 267 g/mol. The van der Waals surface area contributed by atoms with Crippen LogP contribution in [0.1, 0.15) is 30.4 Å². The second-order valence-electron chi connectivity index (χ2n) is 5.44. The lowest BCUT2D eigenvalue weighted by Crippen LogP contribution is -2.19. The van der Waals surface area contributed by atoms with Crippen molar-refractivity contribution in [2.45, 2.75) is 25.7 Å². The molecule has 2 N–H and O–H groups in total. The summed E-state index contributed by atoms with van der Waals surface area (Å²) in [7, 11) is 0. The first kappa shape index (κ1) is 13.6. The fourth-order valence-corrected chi connectivity index (χ4v) is 2.71. The Morgan fingerprint density at radius 3 is 2.52 bits per heavy atom. The smallest absolute Gasteiger partial charge is 0.308 e. The van der Waals surface area contributed by atoms with E-state index in [1.807, 2.05) is 12.1 Å². The van der Waals surface area contributed by atoms with E-state index >= 15 is 0 Å². The van der Waals surface area contributed by atoms with Crippen molar-refractivity contribution < 1.29 is 9.18 Å². The van der Waals surface area contributed by atoms with Gasteiger partial charge in [0.2, 0.25) is 0 Å². The molecule has 1 atom stereocenters. The number of hydrogen-bond acceptors (Lipinski definition) is 1.